The summed E-state index contributed by atoms with van der Waals surface area (Å²) >= 11 is 0. The van der Waals surface area contributed by atoms with Crippen molar-refractivity contribution in [3.63, 3.8) is 0 Å². The standard InChI is InChI=1S/C49H31N3/c1-3-15-32(16-4-1)33-27-28-45-41(29-33)39-22-11-13-25-44(39)52(45)47-31-34(49-50-43-24-12-14-26-46(43)51(49)35-17-5-2-6-18-35)30-42-38-21-8-7-19-36(38)37-20-9-10-23-40(37)48(42)47/h1-31H. The van der Waals surface area contributed by atoms with Gasteiger partial charge in [-0.1, -0.05) is 133 Å². The van der Waals surface area contributed by atoms with Crippen molar-refractivity contribution in [1.82, 2.24) is 14.1 Å². The first-order valence-electron chi connectivity index (χ1n) is 17.8. The van der Waals surface area contributed by atoms with E-state index in [0.29, 0.717) is 0 Å². The van der Waals surface area contributed by atoms with Gasteiger partial charge in [0.1, 0.15) is 5.82 Å². The van der Waals surface area contributed by atoms with Crippen LogP contribution < -0.4 is 0 Å². The van der Waals surface area contributed by atoms with Crippen LogP contribution in [0.1, 0.15) is 0 Å². The first-order valence-corrected chi connectivity index (χ1v) is 17.8. The van der Waals surface area contributed by atoms with Crippen molar-refractivity contribution in [1.29, 1.82) is 0 Å². The topological polar surface area (TPSA) is 22.8 Å². The molecule has 3 nitrogen and oxygen atoms in total. The summed E-state index contributed by atoms with van der Waals surface area (Å²) in [5.41, 5.74) is 10.1. The van der Waals surface area contributed by atoms with Crippen molar-refractivity contribution in [2.24, 2.45) is 0 Å². The van der Waals surface area contributed by atoms with E-state index in [1.807, 2.05) is 0 Å². The lowest BCUT2D eigenvalue weighted by atomic mass is 9.91. The van der Waals surface area contributed by atoms with Crippen molar-refractivity contribution in [2.75, 3.05) is 0 Å². The van der Waals surface area contributed by atoms with Crippen molar-refractivity contribution < 1.29 is 0 Å². The monoisotopic (exact) mass is 661 g/mol. The van der Waals surface area contributed by atoms with Gasteiger partial charge in [-0.25, -0.2) is 4.98 Å². The number of imidazole rings is 1. The van der Waals surface area contributed by atoms with Crippen LogP contribution in [0.4, 0.5) is 0 Å². The van der Waals surface area contributed by atoms with E-state index in [1.54, 1.807) is 0 Å². The Kier molecular flexibility index (Phi) is 6.25. The first kappa shape index (κ1) is 28.8. The number of hydrogen-bond acceptors (Lipinski definition) is 1. The van der Waals surface area contributed by atoms with Crippen molar-refractivity contribution >= 4 is 65.2 Å². The van der Waals surface area contributed by atoms with Crippen LogP contribution in [-0.2, 0) is 0 Å². The van der Waals surface area contributed by atoms with Gasteiger partial charge in [0.05, 0.1) is 27.8 Å². The van der Waals surface area contributed by atoms with Crippen LogP contribution in [-0.4, -0.2) is 14.1 Å². The molecule has 0 aliphatic rings. The number of fused-ring (bicyclic) bond motifs is 10. The molecule has 3 heteroatoms. The van der Waals surface area contributed by atoms with Gasteiger partial charge in [-0.3, -0.25) is 4.57 Å². The number of hydrogen-bond donors (Lipinski definition) is 0. The first-order chi connectivity index (χ1) is 25.8. The van der Waals surface area contributed by atoms with Gasteiger partial charge in [-0.2, -0.15) is 0 Å². The van der Waals surface area contributed by atoms with Crippen LogP contribution in [0, 0.1) is 0 Å². The maximum atomic E-state index is 5.35. The van der Waals surface area contributed by atoms with E-state index < -0.39 is 0 Å². The van der Waals surface area contributed by atoms with Gasteiger partial charge in [0.2, 0.25) is 0 Å². The van der Waals surface area contributed by atoms with Gasteiger partial charge in [0, 0.05) is 27.4 Å². The number of benzene rings is 9. The van der Waals surface area contributed by atoms with E-state index in [0.717, 1.165) is 33.8 Å². The summed E-state index contributed by atoms with van der Waals surface area (Å²) < 4.78 is 4.80. The van der Waals surface area contributed by atoms with Gasteiger partial charge in [0.25, 0.3) is 0 Å². The van der Waals surface area contributed by atoms with E-state index in [2.05, 4.69) is 197 Å². The second-order valence-corrected chi connectivity index (χ2v) is 13.6. The normalized spacial score (nSPS) is 11.8. The number of rotatable bonds is 4. The Bertz CT molecular complexity index is 3170. The average molecular weight is 662 g/mol. The Morgan fingerprint density at radius 3 is 1.65 bits per heavy atom. The van der Waals surface area contributed by atoms with Crippen LogP contribution in [0.25, 0.3) is 99.0 Å². The van der Waals surface area contributed by atoms with Crippen molar-refractivity contribution in [3.05, 3.63) is 188 Å². The molecule has 11 aromatic rings. The third kappa shape index (κ3) is 4.23. The van der Waals surface area contributed by atoms with Gasteiger partial charge in [0.15, 0.2) is 0 Å². The van der Waals surface area contributed by atoms with Crippen molar-refractivity contribution in [3.8, 4) is 33.9 Å². The van der Waals surface area contributed by atoms with Crippen molar-refractivity contribution in [2.45, 2.75) is 0 Å². The molecule has 2 heterocycles. The number of aromatic nitrogens is 3. The highest BCUT2D eigenvalue weighted by atomic mass is 15.1. The fraction of sp³-hybridized carbons (Fsp3) is 0. The summed E-state index contributed by atoms with van der Waals surface area (Å²) in [6, 6.07) is 67.9. The summed E-state index contributed by atoms with van der Waals surface area (Å²) in [5.74, 6) is 0.917. The highest BCUT2D eigenvalue weighted by Gasteiger charge is 2.22. The highest BCUT2D eigenvalue weighted by molar-refractivity contribution is 6.28. The Labute approximate surface area is 300 Å². The summed E-state index contributed by atoms with van der Waals surface area (Å²) in [6.07, 6.45) is 0. The highest BCUT2D eigenvalue weighted by Crippen LogP contribution is 2.44. The molecule has 0 aliphatic heterocycles. The van der Waals surface area contributed by atoms with Crippen LogP contribution >= 0.6 is 0 Å². The Morgan fingerprint density at radius 1 is 0.327 bits per heavy atom. The molecule has 9 aromatic carbocycles. The molecule has 0 spiro atoms. The van der Waals surface area contributed by atoms with Gasteiger partial charge in [-0.15, -0.1) is 0 Å². The maximum absolute atomic E-state index is 5.35. The quantitative estimate of drug-likeness (QED) is 0.172. The molecule has 242 valence electrons. The zero-order valence-corrected chi connectivity index (χ0v) is 28.2. The second-order valence-electron chi connectivity index (χ2n) is 13.6. The molecule has 0 atom stereocenters. The molecule has 0 saturated heterocycles. The fourth-order valence-corrected chi connectivity index (χ4v) is 8.42. The van der Waals surface area contributed by atoms with E-state index >= 15 is 0 Å². The molecule has 52 heavy (non-hydrogen) atoms. The predicted molar refractivity (Wildman–Crippen MR) is 219 cm³/mol. The molecule has 11 rings (SSSR count). The lowest BCUT2D eigenvalue weighted by Crippen LogP contribution is -2.01. The zero-order valence-electron chi connectivity index (χ0n) is 28.2. The molecule has 0 aliphatic carbocycles. The minimum atomic E-state index is 0.917. The van der Waals surface area contributed by atoms with E-state index in [9.17, 15) is 0 Å². The molecular weight excluding hydrogens is 631 g/mol. The van der Waals surface area contributed by atoms with Gasteiger partial charge < -0.3 is 4.57 Å². The molecule has 0 amide bonds. The second kappa shape index (κ2) is 11.3. The molecule has 0 bridgehead atoms. The average Bonchev–Trinajstić information content (AvgIpc) is 3.77. The summed E-state index contributed by atoms with van der Waals surface area (Å²) in [7, 11) is 0. The molecule has 0 N–H and O–H groups in total. The van der Waals surface area contributed by atoms with E-state index in [4.69, 9.17) is 4.98 Å². The lowest BCUT2D eigenvalue weighted by molar-refractivity contribution is 1.10. The van der Waals surface area contributed by atoms with Gasteiger partial charge in [-0.05, 0) is 92.7 Å². The third-order valence-corrected chi connectivity index (χ3v) is 10.7. The smallest absolute Gasteiger partial charge is 0.145 e. The zero-order chi connectivity index (χ0) is 34.2. The van der Waals surface area contributed by atoms with E-state index in [1.165, 1.54) is 65.3 Å². The van der Waals surface area contributed by atoms with Crippen LogP contribution in [0.15, 0.2) is 188 Å². The Morgan fingerprint density at radius 2 is 0.885 bits per heavy atom. The van der Waals surface area contributed by atoms with E-state index in [-0.39, 0.29) is 0 Å². The SMILES string of the molecule is c1ccc(-c2ccc3c(c2)c2ccccc2n3-c2cc(-c3nc4ccccc4n3-c3ccccc3)cc3c4ccccc4c4ccccc4c23)cc1. The molecule has 2 aromatic heterocycles. The summed E-state index contributed by atoms with van der Waals surface area (Å²) in [6.45, 7) is 0. The molecule has 0 unspecified atom stereocenters. The van der Waals surface area contributed by atoms with Crippen LogP contribution in [0.5, 0.6) is 0 Å². The molecule has 0 saturated carbocycles. The van der Waals surface area contributed by atoms with Crippen LogP contribution in [0.3, 0.4) is 0 Å². The lowest BCUT2D eigenvalue weighted by Gasteiger charge is -2.19. The molecule has 0 fully saturated rings. The maximum Gasteiger partial charge on any atom is 0.145 e. The summed E-state index contributed by atoms with van der Waals surface area (Å²) in [4.78, 5) is 5.35. The Balaban J connectivity index is 1.32. The van der Waals surface area contributed by atoms with Gasteiger partial charge >= 0.3 is 0 Å². The largest absolute Gasteiger partial charge is 0.309 e. The minimum absolute atomic E-state index is 0.917. The fourth-order valence-electron chi connectivity index (χ4n) is 8.42. The van der Waals surface area contributed by atoms with Crippen LogP contribution in [0.2, 0.25) is 0 Å². The molecular formula is C49H31N3. The molecule has 0 radical (unpaired) electrons. The number of nitrogens with zero attached hydrogens (tertiary/aromatic N) is 3. The third-order valence-electron chi connectivity index (χ3n) is 10.7. The summed E-state index contributed by atoms with van der Waals surface area (Å²) in [5, 5.41) is 9.88. The predicted octanol–water partition coefficient (Wildman–Crippen LogP) is 12.9. The minimum Gasteiger partial charge on any atom is -0.309 e. The number of para-hydroxylation sites is 4. The Hall–Kier alpha value is -6.97.